The van der Waals surface area contributed by atoms with Gasteiger partial charge in [-0.05, 0) is 0 Å². The summed E-state index contributed by atoms with van der Waals surface area (Å²) < 4.78 is 0. The monoisotopic (exact) mass is 223 g/mol. The van der Waals surface area contributed by atoms with Crippen LogP contribution in [0.15, 0.2) is 30.3 Å². The first-order valence-electron chi connectivity index (χ1n) is 4.47. The van der Waals surface area contributed by atoms with Gasteiger partial charge in [-0.25, -0.2) is 0 Å². The molecule has 0 heterocycles. The van der Waals surface area contributed by atoms with Gasteiger partial charge in [-0.2, -0.15) is 0 Å². The Morgan fingerprint density at radius 3 is 2.31 bits per heavy atom. The molecule has 0 amide bonds. The SMILES string of the molecule is O=C(O)CC(C(=O)c1ccccc1)[N+](=O)[O-]. The normalized spacial score (nSPS) is 11.8. The van der Waals surface area contributed by atoms with Crippen LogP contribution in [0.1, 0.15) is 16.8 Å². The van der Waals surface area contributed by atoms with Gasteiger partial charge in [0.1, 0.15) is 6.42 Å². The van der Waals surface area contributed by atoms with Crippen LogP contribution in [-0.2, 0) is 4.79 Å². The van der Waals surface area contributed by atoms with Crippen LogP contribution >= 0.6 is 0 Å². The zero-order valence-electron chi connectivity index (χ0n) is 8.20. The Hall–Kier alpha value is -2.24. The number of Topliss-reactive ketones (excluding diaryl/α,β-unsaturated/α-hetero) is 1. The third-order valence-electron chi connectivity index (χ3n) is 1.98. The van der Waals surface area contributed by atoms with E-state index in [0.717, 1.165) is 0 Å². The summed E-state index contributed by atoms with van der Waals surface area (Å²) in [6.45, 7) is 0. The molecule has 0 bridgehead atoms. The quantitative estimate of drug-likeness (QED) is 0.456. The number of carbonyl (C=O) groups is 2. The second-order valence-corrected chi connectivity index (χ2v) is 3.13. The van der Waals surface area contributed by atoms with Crippen LogP contribution < -0.4 is 0 Å². The van der Waals surface area contributed by atoms with Gasteiger partial charge in [0.2, 0.25) is 5.78 Å². The van der Waals surface area contributed by atoms with Crippen molar-refractivity contribution in [2.24, 2.45) is 0 Å². The lowest BCUT2D eigenvalue weighted by Crippen LogP contribution is -2.32. The second kappa shape index (κ2) is 5.01. The average molecular weight is 223 g/mol. The number of nitrogens with zero attached hydrogens (tertiary/aromatic N) is 1. The van der Waals surface area contributed by atoms with E-state index in [4.69, 9.17) is 5.11 Å². The number of rotatable bonds is 5. The van der Waals surface area contributed by atoms with Crippen molar-refractivity contribution in [3.05, 3.63) is 46.0 Å². The second-order valence-electron chi connectivity index (χ2n) is 3.13. The van der Waals surface area contributed by atoms with Crippen molar-refractivity contribution >= 4 is 11.8 Å². The van der Waals surface area contributed by atoms with Crippen LogP contribution in [0.5, 0.6) is 0 Å². The van der Waals surface area contributed by atoms with E-state index >= 15 is 0 Å². The Morgan fingerprint density at radius 1 is 1.31 bits per heavy atom. The van der Waals surface area contributed by atoms with Gasteiger partial charge < -0.3 is 5.11 Å². The van der Waals surface area contributed by atoms with E-state index in [1.807, 2.05) is 0 Å². The molecule has 0 aromatic heterocycles. The first-order chi connectivity index (χ1) is 7.52. The van der Waals surface area contributed by atoms with Crippen molar-refractivity contribution in [2.75, 3.05) is 0 Å². The number of hydrogen-bond donors (Lipinski definition) is 1. The van der Waals surface area contributed by atoms with Crippen molar-refractivity contribution in [1.82, 2.24) is 0 Å². The Kier molecular flexibility index (Phi) is 3.71. The minimum Gasteiger partial charge on any atom is -0.481 e. The molecular formula is C10H9NO5. The fraction of sp³-hybridized carbons (Fsp3) is 0.200. The molecule has 16 heavy (non-hydrogen) atoms. The van der Waals surface area contributed by atoms with E-state index in [0.29, 0.717) is 0 Å². The van der Waals surface area contributed by atoms with Crippen LogP contribution in [0.2, 0.25) is 0 Å². The Balaban J connectivity index is 2.92. The zero-order chi connectivity index (χ0) is 12.1. The summed E-state index contributed by atoms with van der Waals surface area (Å²) in [7, 11) is 0. The number of benzene rings is 1. The molecule has 0 aliphatic rings. The number of ketones is 1. The molecular weight excluding hydrogens is 214 g/mol. The highest BCUT2D eigenvalue weighted by Crippen LogP contribution is 2.08. The first kappa shape index (κ1) is 11.8. The molecule has 1 atom stereocenters. The van der Waals surface area contributed by atoms with E-state index in [1.54, 1.807) is 18.2 Å². The van der Waals surface area contributed by atoms with Crippen molar-refractivity contribution in [1.29, 1.82) is 0 Å². The topological polar surface area (TPSA) is 97.5 Å². The largest absolute Gasteiger partial charge is 0.481 e. The number of carboxylic acid groups (broad SMARTS) is 1. The van der Waals surface area contributed by atoms with Gasteiger partial charge in [0.15, 0.2) is 0 Å². The molecule has 0 spiro atoms. The molecule has 1 N–H and O–H groups in total. The first-order valence-corrected chi connectivity index (χ1v) is 4.47. The van der Waals surface area contributed by atoms with Gasteiger partial charge in [0, 0.05) is 10.5 Å². The summed E-state index contributed by atoms with van der Waals surface area (Å²) in [6, 6.07) is 5.90. The Morgan fingerprint density at radius 2 is 1.88 bits per heavy atom. The van der Waals surface area contributed by atoms with E-state index in [2.05, 4.69) is 0 Å². The number of carboxylic acids is 1. The van der Waals surface area contributed by atoms with Crippen LogP contribution in [0.25, 0.3) is 0 Å². The molecule has 0 fully saturated rings. The molecule has 1 aromatic carbocycles. The molecule has 0 aliphatic carbocycles. The molecule has 0 aliphatic heterocycles. The Bertz CT molecular complexity index is 414. The van der Waals surface area contributed by atoms with Crippen molar-refractivity contribution in [3.8, 4) is 0 Å². The smallest absolute Gasteiger partial charge is 0.310 e. The van der Waals surface area contributed by atoms with E-state index in [-0.39, 0.29) is 5.56 Å². The fourth-order valence-electron chi connectivity index (χ4n) is 1.22. The van der Waals surface area contributed by atoms with Crippen molar-refractivity contribution in [2.45, 2.75) is 12.5 Å². The van der Waals surface area contributed by atoms with Crippen LogP contribution in [-0.4, -0.2) is 27.8 Å². The van der Waals surface area contributed by atoms with Gasteiger partial charge in [0.25, 0.3) is 6.04 Å². The van der Waals surface area contributed by atoms with E-state index < -0.39 is 29.1 Å². The lowest BCUT2D eigenvalue weighted by molar-refractivity contribution is -0.504. The van der Waals surface area contributed by atoms with Gasteiger partial charge >= 0.3 is 5.97 Å². The standard InChI is InChI=1S/C10H9NO5/c12-9(13)6-8(11(15)16)10(14)7-4-2-1-3-5-7/h1-5,8H,6H2,(H,12,13). The number of hydrogen-bond acceptors (Lipinski definition) is 4. The van der Waals surface area contributed by atoms with Crippen molar-refractivity contribution < 1.29 is 19.6 Å². The highest BCUT2D eigenvalue weighted by molar-refractivity contribution is 6.00. The molecule has 1 rings (SSSR count). The van der Waals surface area contributed by atoms with E-state index in [9.17, 15) is 19.7 Å². The lowest BCUT2D eigenvalue weighted by atomic mass is 10.0. The third-order valence-corrected chi connectivity index (χ3v) is 1.98. The minimum absolute atomic E-state index is 0.144. The summed E-state index contributed by atoms with van der Waals surface area (Å²) in [5.41, 5.74) is 0.144. The molecule has 1 unspecified atom stereocenters. The number of aliphatic carboxylic acids is 1. The predicted molar refractivity (Wildman–Crippen MR) is 53.8 cm³/mol. The summed E-state index contributed by atoms with van der Waals surface area (Å²) in [6.07, 6.45) is -0.805. The summed E-state index contributed by atoms with van der Waals surface area (Å²) in [5, 5.41) is 19.0. The number of nitro groups is 1. The van der Waals surface area contributed by atoms with Crippen LogP contribution in [0.4, 0.5) is 0 Å². The highest BCUT2D eigenvalue weighted by atomic mass is 16.6. The summed E-state index contributed by atoms with van der Waals surface area (Å²) in [5.74, 6) is -2.15. The molecule has 0 radical (unpaired) electrons. The Labute approximate surface area is 90.7 Å². The van der Waals surface area contributed by atoms with Crippen LogP contribution in [0, 0.1) is 10.1 Å². The predicted octanol–water partition coefficient (Wildman–Crippen LogP) is 0.989. The summed E-state index contributed by atoms with van der Waals surface area (Å²) >= 11 is 0. The van der Waals surface area contributed by atoms with Gasteiger partial charge in [-0.3, -0.25) is 19.7 Å². The average Bonchev–Trinajstić information content (AvgIpc) is 2.25. The molecule has 6 heteroatoms. The molecule has 6 nitrogen and oxygen atoms in total. The summed E-state index contributed by atoms with van der Waals surface area (Å²) in [4.78, 5) is 31.7. The van der Waals surface area contributed by atoms with Gasteiger partial charge in [0.05, 0.1) is 0 Å². The minimum atomic E-state index is -1.72. The zero-order valence-corrected chi connectivity index (χ0v) is 8.20. The number of carbonyl (C=O) groups excluding carboxylic acids is 1. The maximum absolute atomic E-state index is 11.6. The molecule has 0 saturated heterocycles. The van der Waals surface area contributed by atoms with Crippen molar-refractivity contribution in [3.63, 3.8) is 0 Å². The highest BCUT2D eigenvalue weighted by Gasteiger charge is 2.32. The lowest BCUT2D eigenvalue weighted by Gasteiger charge is -2.05. The van der Waals surface area contributed by atoms with Gasteiger partial charge in [-0.15, -0.1) is 0 Å². The third kappa shape index (κ3) is 2.88. The fourth-order valence-corrected chi connectivity index (χ4v) is 1.22. The van der Waals surface area contributed by atoms with Gasteiger partial charge in [-0.1, -0.05) is 30.3 Å². The maximum atomic E-state index is 11.6. The molecule has 0 saturated carbocycles. The molecule has 84 valence electrons. The van der Waals surface area contributed by atoms with E-state index in [1.165, 1.54) is 12.1 Å². The maximum Gasteiger partial charge on any atom is 0.310 e. The van der Waals surface area contributed by atoms with Crippen LogP contribution in [0.3, 0.4) is 0 Å². The molecule has 1 aromatic rings.